The van der Waals surface area contributed by atoms with Crippen molar-refractivity contribution in [3.8, 4) is 0 Å². The van der Waals surface area contributed by atoms with Gasteiger partial charge in [0.25, 0.3) is 0 Å². The minimum absolute atomic E-state index is 0.0672. The van der Waals surface area contributed by atoms with Crippen LogP contribution in [-0.2, 0) is 12.5 Å². The summed E-state index contributed by atoms with van der Waals surface area (Å²) in [6, 6.07) is 2.48. The summed E-state index contributed by atoms with van der Waals surface area (Å²) in [5, 5.41) is 13.2. The molecule has 3 heterocycles. The van der Waals surface area contributed by atoms with Gasteiger partial charge in [0.15, 0.2) is 5.65 Å². The molecule has 24 heavy (non-hydrogen) atoms. The predicted molar refractivity (Wildman–Crippen MR) is 97.0 cm³/mol. The SMILES string of the molecule is Cn1c(C(C)(C)C)cc2ncc([C@@H]3CCCCC[C@H](CO)N3)nc21. The molecule has 2 N–H and O–H groups in total. The van der Waals surface area contributed by atoms with Crippen molar-refractivity contribution < 1.29 is 5.11 Å². The second-order valence-electron chi connectivity index (χ2n) is 8.08. The first-order chi connectivity index (χ1) is 11.4. The molecule has 0 unspecified atom stereocenters. The third kappa shape index (κ3) is 3.47. The lowest BCUT2D eigenvalue weighted by Gasteiger charge is -2.26. The molecule has 0 spiro atoms. The Morgan fingerprint density at radius 3 is 2.71 bits per heavy atom. The lowest BCUT2D eigenvalue weighted by molar-refractivity contribution is 0.210. The van der Waals surface area contributed by atoms with Crippen molar-refractivity contribution in [3.63, 3.8) is 0 Å². The molecule has 0 aromatic carbocycles. The summed E-state index contributed by atoms with van der Waals surface area (Å²) in [5.41, 5.74) is 4.20. The average molecular weight is 330 g/mol. The summed E-state index contributed by atoms with van der Waals surface area (Å²) < 4.78 is 2.16. The van der Waals surface area contributed by atoms with Crippen molar-refractivity contribution in [2.45, 2.75) is 70.4 Å². The molecule has 0 saturated carbocycles. The van der Waals surface area contributed by atoms with Crippen LogP contribution in [0.1, 0.15) is 70.3 Å². The Morgan fingerprint density at radius 1 is 1.25 bits per heavy atom. The molecule has 1 aliphatic rings. The Balaban J connectivity index is 1.95. The molecule has 3 rings (SSSR count). The Kier molecular flexibility index (Phi) is 4.92. The van der Waals surface area contributed by atoms with Crippen molar-refractivity contribution in [1.29, 1.82) is 0 Å². The summed E-state index contributed by atoms with van der Waals surface area (Å²) >= 11 is 0. The van der Waals surface area contributed by atoms with Gasteiger partial charge < -0.3 is 15.0 Å². The number of aromatic nitrogens is 3. The third-order valence-electron chi connectivity index (χ3n) is 5.08. The quantitative estimate of drug-likeness (QED) is 0.887. The molecule has 5 heteroatoms. The predicted octanol–water partition coefficient (Wildman–Crippen LogP) is 3.22. The minimum Gasteiger partial charge on any atom is -0.395 e. The molecule has 2 aromatic rings. The van der Waals surface area contributed by atoms with Crippen molar-refractivity contribution in [2.24, 2.45) is 7.05 Å². The fraction of sp³-hybridized carbons (Fsp3) is 0.684. The molecular weight excluding hydrogens is 300 g/mol. The van der Waals surface area contributed by atoms with Crippen LogP contribution in [0.3, 0.4) is 0 Å². The van der Waals surface area contributed by atoms with E-state index in [-0.39, 0.29) is 24.1 Å². The van der Waals surface area contributed by atoms with E-state index in [9.17, 15) is 5.11 Å². The fourth-order valence-corrected chi connectivity index (χ4v) is 3.72. The van der Waals surface area contributed by atoms with Gasteiger partial charge in [0.2, 0.25) is 0 Å². The zero-order valence-electron chi connectivity index (χ0n) is 15.3. The van der Waals surface area contributed by atoms with Crippen molar-refractivity contribution >= 4 is 11.2 Å². The van der Waals surface area contributed by atoms with E-state index in [2.05, 4.69) is 48.8 Å². The summed E-state index contributed by atoms with van der Waals surface area (Å²) in [5.74, 6) is 0. The molecule has 5 nitrogen and oxygen atoms in total. The number of nitrogens with zero attached hydrogens (tertiary/aromatic N) is 3. The van der Waals surface area contributed by atoms with E-state index in [1.54, 1.807) is 0 Å². The van der Waals surface area contributed by atoms with Gasteiger partial charge in [0.1, 0.15) is 5.52 Å². The van der Waals surface area contributed by atoms with Crippen LogP contribution >= 0.6 is 0 Å². The van der Waals surface area contributed by atoms with Gasteiger partial charge in [-0.2, -0.15) is 0 Å². The Labute approximate surface area is 144 Å². The van der Waals surface area contributed by atoms with E-state index in [1.807, 2.05) is 6.20 Å². The lowest BCUT2D eigenvalue weighted by Crippen LogP contribution is -2.37. The molecule has 0 amide bonds. The third-order valence-corrected chi connectivity index (χ3v) is 5.08. The first-order valence-electron chi connectivity index (χ1n) is 9.10. The Morgan fingerprint density at radius 2 is 2.00 bits per heavy atom. The number of aryl methyl sites for hydroxylation is 1. The number of rotatable bonds is 2. The van der Waals surface area contributed by atoms with Gasteiger partial charge in [-0.25, -0.2) is 4.98 Å². The van der Waals surface area contributed by atoms with Gasteiger partial charge >= 0.3 is 0 Å². The van der Waals surface area contributed by atoms with Crippen LogP contribution in [0.4, 0.5) is 0 Å². The van der Waals surface area contributed by atoms with E-state index < -0.39 is 0 Å². The minimum atomic E-state index is 0.0672. The summed E-state index contributed by atoms with van der Waals surface area (Å²) in [7, 11) is 2.07. The zero-order chi connectivity index (χ0) is 17.3. The number of aliphatic hydroxyl groups is 1. The van der Waals surface area contributed by atoms with Gasteiger partial charge in [0.05, 0.1) is 24.5 Å². The molecule has 132 valence electrons. The summed E-state index contributed by atoms with van der Waals surface area (Å²) in [6.45, 7) is 6.82. The van der Waals surface area contributed by atoms with E-state index in [4.69, 9.17) is 4.98 Å². The van der Waals surface area contributed by atoms with Crippen LogP contribution in [0.25, 0.3) is 11.2 Å². The summed E-state index contributed by atoms with van der Waals surface area (Å²) in [6.07, 6.45) is 7.58. The topological polar surface area (TPSA) is 63.0 Å². The molecule has 2 atom stereocenters. The Bertz CT molecular complexity index is 701. The van der Waals surface area contributed by atoms with E-state index in [1.165, 1.54) is 25.0 Å². The standard InChI is InChI=1S/C19H30N4O/c1-19(2,3)17-10-15-18(23(17)4)22-16(11-20-15)14-9-7-5-6-8-13(12-24)21-14/h10-11,13-14,21,24H,5-9,12H2,1-4H3/t13-,14+/m1/s1. The van der Waals surface area contributed by atoms with Crippen LogP contribution < -0.4 is 5.32 Å². The van der Waals surface area contributed by atoms with Gasteiger partial charge in [0, 0.05) is 24.2 Å². The van der Waals surface area contributed by atoms with Gasteiger partial charge in [-0.3, -0.25) is 4.98 Å². The van der Waals surface area contributed by atoms with Crippen LogP contribution in [0.2, 0.25) is 0 Å². The van der Waals surface area contributed by atoms with Crippen LogP contribution in [0, 0.1) is 0 Å². The smallest absolute Gasteiger partial charge is 0.158 e. The normalized spacial score (nSPS) is 23.2. The Hall–Kier alpha value is -1.46. The number of hydrogen-bond acceptors (Lipinski definition) is 4. The maximum absolute atomic E-state index is 9.58. The van der Waals surface area contributed by atoms with Crippen molar-refractivity contribution in [3.05, 3.63) is 23.7 Å². The van der Waals surface area contributed by atoms with Gasteiger partial charge in [-0.15, -0.1) is 0 Å². The molecule has 1 saturated heterocycles. The molecule has 2 aromatic heterocycles. The summed E-state index contributed by atoms with van der Waals surface area (Å²) in [4.78, 5) is 9.60. The number of nitrogens with one attached hydrogen (secondary N) is 1. The van der Waals surface area contributed by atoms with Gasteiger partial charge in [-0.05, 0) is 18.9 Å². The molecular formula is C19H30N4O. The first kappa shape index (κ1) is 17.4. The monoisotopic (exact) mass is 330 g/mol. The average Bonchev–Trinajstić information content (AvgIpc) is 2.84. The van der Waals surface area contributed by atoms with Crippen LogP contribution in [0.5, 0.6) is 0 Å². The highest BCUT2D eigenvalue weighted by molar-refractivity contribution is 5.73. The fourth-order valence-electron chi connectivity index (χ4n) is 3.72. The number of fused-ring (bicyclic) bond motifs is 1. The van der Waals surface area contributed by atoms with Crippen molar-refractivity contribution in [1.82, 2.24) is 19.9 Å². The van der Waals surface area contributed by atoms with Crippen molar-refractivity contribution in [2.75, 3.05) is 6.61 Å². The first-order valence-corrected chi connectivity index (χ1v) is 9.10. The van der Waals surface area contributed by atoms with Crippen LogP contribution in [-0.4, -0.2) is 32.3 Å². The molecule has 0 radical (unpaired) electrons. The second kappa shape index (κ2) is 6.81. The largest absolute Gasteiger partial charge is 0.395 e. The highest BCUT2D eigenvalue weighted by Crippen LogP contribution is 2.29. The molecule has 0 bridgehead atoms. The van der Waals surface area contributed by atoms with E-state index >= 15 is 0 Å². The highest BCUT2D eigenvalue weighted by atomic mass is 16.3. The molecule has 1 aliphatic heterocycles. The molecule has 0 aliphatic carbocycles. The van der Waals surface area contributed by atoms with Crippen LogP contribution in [0.15, 0.2) is 12.3 Å². The highest BCUT2D eigenvalue weighted by Gasteiger charge is 2.23. The zero-order valence-corrected chi connectivity index (χ0v) is 15.3. The van der Waals surface area contributed by atoms with Gasteiger partial charge in [-0.1, -0.05) is 40.0 Å². The lowest BCUT2D eigenvalue weighted by atomic mass is 9.92. The number of aliphatic hydroxyl groups excluding tert-OH is 1. The van der Waals surface area contributed by atoms with E-state index in [0.717, 1.165) is 29.7 Å². The second-order valence-corrected chi connectivity index (χ2v) is 8.08. The maximum atomic E-state index is 9.58. The molecule has 1 fully saturated rings. The van der Waals surface area contributed by atoms with E-state index in [0.29, 0.717) is 0 Å². The number of hydrogen-bond donors (Lipinski definition) is 2. The maximum Gasteiger partial charge on any atom is 0.158 e.